The van der Waals surface area contributed by atoms with Gasteiger partial charge in [0.2, 0.25) is 11.8 Å². The number of carbonyl (C=O) groups is 3. The van der Waals surface area contributed by atoms with Gasteiger partial charge >= 0.3 is 6.03 Å². The Balaban J connectivity index is 2.10. The Hall–Kier alpha value is -1.39. The zero-order chi connectivity index (χ0) is 13.8. The predicted octanol–water partition coefficient (Wildman–Crippen LogP) is 2.20. The number of hydrogen-bond acceptors (Lipinski definition) is 3. The van der Waals surface area contributed by atoms with Gasteiger partial charge in [0, 0.05) is 6.04 Å². The number of urea groups is 1. The topological polar surface area (TPSA) is 66.5 Å². The van der Waals surface area contributed by atoms with Gasteiger partial charge in [-0.15, -0.1) is 0 Å². The summed E-state index contributed by atoms with van der Waals surface area (Å²) in [5, 5.41) is 2.34. The molecule has 0 aromatic rings. The van der Waals surface area contributed by atoms with Gasteiger partial charge in [0.1, 0.15) is 5.92 Å². The average Bonchev–Trinajstić information content (AvgIpc) is 2.39. The maximum atomic E-state index is 12.4. The Kier molecular flexibility index (Phi) is 4.56. The summed E-state index contributed by atoms with van der Waals surface area (Å²) in [6.45, 7) is 2.02. The summed E-state index contributed by atoms with van der Waals surface area (Å²) in [6, 6.07) is -0.534. The number of nitrogens with one attached hydrogen (secondary N) is 1. The molecule has 2 rings (SSSR count). The smallest absolute Gasteiger partial charge is 0.277 e. The van der Waals surface area contributed by atoms with E-state index in [1.807, 2.05) is 6.92 Å². The highest BCUT2D eigenvalue weighted by molar-refractivity contribution is 6.16. The molecule has 0 spiro atoms. The Morgan fingerprint density at radius 1 is 1.16 bits per heavy atom. The van der Waals surface area contributed by atoms with Crippen molar-refractivity contribution in [1.29, 1.82) is 0 Å². The molecule has 2 fully saturated rings. The summed E-state index contributed by atoms with van der Waals surface area (Å²) in [5.41, 5.74) is 0. The summed E-state index contributed by atoms with van der Waals surface area (Å²) in [4.78, 5) is 37.4. The number of amides is 4. The van der Waals surface area contributed by atoms with Crippen molar-refractivity contribution in [3.63, 3.8) is 0 Å². The monoisotopic (exact) mass is 266 g/mol. The third-order valence-electron chi connectivity index (χ3n) is 4.09. The highest BCUT2D eigenvalue weighted by atomic mass is 16.2. The Morgan fingerprint density at radius 2 is 1.84 bits per heavy atom. The minimum atomic E-state index is -0.667. The van der Waals surface area contributed by atoms with Gasteiger partial charge in [0.15, 0.2) is 0 Å². The second kappa shape index (κ2) is 6.17. The largest absolute Gasteiger partial charge is 0.331 e. The molecule has 0 aromatic carbocycles. The van der Waals surface area contributed by atoms with Crippen LogP contribution in [-0.2, 0) is 9.59 Å². The molecule has 19 heavy (non-hydrogen) atoms. The van der Waals surface area contributed by atoms with Gasteiger partial charge in [-0.3, -0.25) is 19.8 Å². The van der Waals surface area contributed by atoms with Crippen LogP contribution in [0.1, 0.15) is 58.3 Å². The normalized spacial score (nSPS) is 25.6. The van der Waals surface area contributed by atoms with Gasteiger partial charge in [-0.05, 0) is 19.3 Å². The van der Waals surface area contributed by atoms with Crippen molar-refractivity contribution in [1.82, 2.24) is 10.2 Å². The molecule has 4 amide bonds. The molecule has 1 aliphatic carbocycles. The van der Waals surface area contributed by atoms with E-state index in [-0.39, 0.29) is 11.9 Å². The van der Waals surface area contributed by atoms with Crippen molar-refractivity contribution in [2.24, 2.45) is 5.92 Å². The van der Waals surface area contributed by atoms with Gasteiger partial charge in [-0.2, -0.15) is 0 Å². The van der Waals surface area contributed by atoms with Crippen molar-refractivity contribution in [2.75, 3.05) is 0 Å². The zero-order valence-electron chi connectivity index (χ0n) is 11.5. The zero-order valence-corrected chi connectivity index (χ0v) is 11.5. The van der Waals surface area contributed by atoms with E-state index in [1.54, 1.807) is 0 Å². The first kappa shape index (κ1) is 14.0. The van der Waals surface area contributed by atoms with Crippen LogP contribution in [-0.4, -0.2) is 28.8 Å². The standard InChI is InChI=1S/C14H22N2O3/c1-2-3-9-11-12(17)15-14(19)16(13(11)18)10-7-5-4-6-8-10/h10-11H,2-9H2,1H3,(H,15,17,19)/t11-/m0/s1. The first-order valence-electron chi connectivity index (χ1n) is 7.33. The lowest BCUT2D eigenvalue weighted by Crippen LogP contribution is -2.61. The quantitative estimate of drug-likeness (QED) is 0.793. The van der Waals surface area contributed by atoms with Crippen LogP contribution >= 0.6 is 0 Å². The fourth-order valence-corrected chi connectivity index (χ4v) is 2.98. The highest BCUT2D eigenvalue weighted by Crippen LogP contribution is 2.27. The molecular formula is C14H22N2O3. The third-order valence-corrected chi connectivity index (χ3v) is 4.09. The first-order valence-corrected chi connectivity index (χ1v) is 7.33. The van der Waals surface area contributed by atoms with Gasteiger partial charge < -0.3 is 0 Å². The van der Waals surface area contributed by atoms with E-state index in [1.165, 1.54) is 11.3 Å². The van der Waals surface area contributed by atoms with E-state index in [0.29, 0.717) is 6.42 Å². The molecule has 0 bridgehead atoms. The third kappa shape index (κ3) is 2.96. The molecule has 1 heterocycles. The molecule has 1 saturated heterocycles. The Bertz CT molecular complexity index is 375. The highest BCUT2D eigenvalue weighted by Gasteiger charge is 2.43. The average molecular weight is 266 g/mol. The number of nitrogens with zero attached hydrogens (tertiary/aromatic N) is 1. The van der Waals surface area contributed by atoms with Crippen molar-refractivity contribution in [3.05, 3.63) is 0 Å². The second-order valence-electron chi connectivity index (χ2n) is 5.49. The summed E-state index contributed by atoms with van der Waals surface area (Å²) in [7, 11) is 0. The maximum Gasteiger partial charge on any atom is 0.331 e. The van der Waals surface area contributed by atoms with Crippen LogP contribution in [0.5, 0.6) is 0 Å². The molecule has 1 aliphatic heterocycles. The van der Waals surface area contributed by atoms with E-state index in [4.69, 9.17) is 0 Å². The number of unbranched alkanes of at least 4 members (excludes halogenated alkanes) is 1. The molecule has 5 nitrogen and oxygen atoms in total. The Morgan fingerprint density at radius 3 is 2.47 bits per heavy atom. The van der Waals surface area contributed by atoms with Crippen LogP contribution in [0.15, 0.2) is 0 Å². The fraction of sp³-hybridized carbons (Fsp3) is 0.786. The molecule has 106 valence electrons. The number of rotatable bonds is 4. The van der Waals surface area contributed by atoms with Crippen molar-refractivity contribution >= 4 is 17.8 Å². The molecule has 0 unspecified atom stereocenters. The molecule has 2 aliphatic rings. The minimum Gasteiger partial charge on any atom is -0.277 e. The van der Waals surface area contributed by atoms with Crippen molar-refractivity contribution in [2.45, 2.75) is 64.3 Å². The van der Waals surface area contributed by atoms with E-state index in [0.717, 1.165) is 38.5 Å². The lowest BCUT2D eigenvalue weighted by atomic mass is 9.91. The fourth-order valence-electron chi connectivity index (χ4n) is 2.98. The number of carbonyl (C=O) groups excluding carboxylic acids is 3. The van der Waals surface area contributed by atoms with Gasteiger partial charge in [0.25, 0.3) is 0 Å². The van der Waals surface area contributed by atoms with Crippen LogP contribution < -0.4 is 5.32 Å². The number of hydrogen-bond donors (Lipinski definition) is 1. The molecule has 0 aromatic heterocycles. The van der Waals surface area contributed by atoms with Gasteiger partial charge in [-0.25, -0.2) is 4.79 Å². The maximum absolute atomic E-state index is 12.4. The van der Waals surface area contributed by atoms with E-state index >= 15 is 0 Å². The van der Waals surface area contributed by atoms with Crippen LogP contribution in [0.2, 0.25) is 0 Å². The van der Waals surface area contributed by atoms with Crippen LogP contribution in [0.25, 0.3) is 0 Å². The van der Waals surface area contributed by atoms with E-state index < -0.39 is 17.9 Å². The summed E-state index contributed by atoms with van der Waals surface area (Å²) < 4.78 is 0. The van der Waals surface area contributed by atoms with Crippen LogP contribution in [0.3, 0.4) is 0 Å². The molecule has 1 N–H and O–H groups in total. The summed E-state index contributed by atoms with van der Waals surface area (Å²) in [6.07, 6.45) is 7.31. The molecule has 1 saturated carbocycles. The second-order valence-corrected chi connectivity index (χ2v) is 5.49. The minimum absolute atomic E-state index is 0.0153. The van der Waals surface area contributed by atoms with E-state index in [2.05, 4.69) is 5.32 Å². The Labute approximate surface area is 113 Å². The van der Waals surface area contributed by atoms with Crippen LogP contribution in [0, 0.1) is 5.92 Å². The van der Waals surface area contributed by atoms with Gasteiger partial charge in [0.05, 0.1) is 0 Å². The number of barbiturate groups is 1. The van der Waals surface area contributed by atoms with Crippen molar-refractivity contribution in [3.8, 4) is 0 Å². The molecule has 1 atom stereocenters. The molecular weight excluding hydrogens is 244 g/mol. The van der Waals surface area contributed by atoms with E-state index in [9.17, 15) is 14.4 Å². The SMILES string of the molecule is CCCC[C@H]1C(=O)NC(=O)N(C2CCCCC2)C1=O. The number of imide groups is 2. The lowest BCUT2D eigenvalue weighted by molar-refractivity contribution is -0.144. The predicted molar refractivity (Wildman–Crippen MR) is 70.3 cm³/mol. The summed E-state index contributed by atoms with van der Waals surface area (Å²) in [5.74, 6) is -1.37. The molecule has 0 radical (unpaired) electrons. The van der Waals surface area contributed by atoms with Gasteiger partial charge in [-0.1, -0.05) is 39.0 Å². The lowest BCUT2D eigenvalue weighted by Gasteiger charge is -2.37. The van der Waals surface area contributed by atoms with Crippen LogP contribution in [0.4, 0.5) is 4.79 Å². The summed E-state index contributed by atoms with van der Waals surface area (Å²) >= 11 is 0. The first-order chi connectivity index (χ1) is 9.15. The molecule has 5 heteroatoms. The van der Waals surface area contributed by atoms with Crippen molar-refractivity contribution < 1.29 is 14.4 Å².